The van der Waals surface area contributed by atoms with E-state index in [2.05, 4.69) is 5.32 Å². The molecule has 1 aromatic rings. The van der Waals surface area contributed by atoms with Gasteiger partial charge in [0.1, 0.15) is 5.54 Å². The molecule has 21 heavy (non-hydrogen) atoms. The van der Waals surface area contributed by atoms with Gasteiger partial charge in [0, 0.05) is 5.02 Å². The predicted molar refractivity (Wildman–Crippen MR) is 77.9 cm³/mol. The number of amides is 3. The summed E-state index contributed by atoms with van der Waals surface area (Å²) in [5.74, 6) is -0.210. The van der Waals surface area contributed by atoms with Gasteiger partial charge in [0.15, 0.2) is 0 Å². The highest BCUT2D eigenvalue weighted by Gasteiger charge is 2.52. The van der Waals surface area contributed by atoms with Crippen LogP contribution in [0.5, 0.6) is 0 Å². The fraction of sp³-hybridized carbons (Fsp3) is 0.467. The molecule has 3 rings (SSSR count). The summed E-state index contributed by atoms with van der Waals surface area (Å²) in [4.78, 5) is 25.6. The number of hydrogen-bond acceptors (Lipinski definition) is 3. The number of benzene rings is 1. The maximum Gasteiger partial charge on any atom is 0.325 e. The Morgan fingerprint density at radius 1 is 1.24 bits per heavy atom. The van der Waals surface area contributed by atoms with Gasteiger partial charge in [-0.15, -0.1) is 0 Å². The molecule has 112 valence electrons. The van der Waals surface area contributed by atoms with Crippen LogP contribution in [0.1, 0.15) is 37.4 Å². The molecule has 3 amide bonds. The molecule has 1 spiro atoms. The predicted octanol–water partition coefficient (Wildman–Crippen LogP) is 2.24. The lowest BCUT2D eigenvalue weighted by Crippen LogP contribution is -2.44. The summed E-state index contributed by atoms with van der Waals surface area (Å²) >= 11 is 5.80. The van der Waals surface area contributed by atoms with Crippen molar-refractivity contribution in [2.45, 2.75) is 37.3 Å². The second kappa shape index (κ2) is 5.31. The number of nitrogens with one attached hydrogen (secondary N) is 1. The Morgan fingerprint density at radius 3 is 2.48 bits per heavy atom. The zero-order valence-corrected chi connectivity index (χ0v) is 12.3. The first kappa shape index (κ1) is 14.4. The fourth-order valence-corrected chi connectivity index (χ4v) is 3.25. The van der Waals surface area contributed by atoms with Crippen LogP contribution >= 0.6 is 11.6 Å². The van der Waals surface area contributed by atoms with Gasteiger partial charge < -0.3 is 10.4 Å². The third-order valence-corrected chi connectivity index (χ3v) is 4.57. The van der Waals surface area contributed by atoms with Crippen LogP contribution in [0.2, 0.25) is 5.02 Å². The SMILES string of the molecule is O=C1NC2(CCCC2)C(=O)N1CC(O)c1ccc(Cl)cc1. The quantitative estimate of drug-likeness (QED) is 0.841. The van der Waals surface area contributed by atoms with Gasteiger partial charge in [-0.25, -0.2) is 4.79 Å². The smallest absolute Gasteiger partial charge is 0.325 e. The first-order valence-electron chi connectivity index (χ1n) is 7.09. The average molecular weight is 309 g/mol. The van der Waals surface area contributed by atoms with E-state index in [4.69, 9.17) is 11.6 Å². The summed E-state index contributed by atoms with van der Waals surface area (Å²) < 4.78 is 0. The maximum absolute atomic E-state index is 12.5. The van der Waals surface area contributed by atoms with Crippen LogP contribution in [0.3, 0.4) is 0 Å². The zero-order chi connectivity index (χ0) is 15.0. The lowest BCUT2D eigenvalue weighted by molar-refractivity contribution is -0.132. The lowest BCUT2D eigenvalue weighted by atomic mass is 9.98. The van der Waals surface area contributed by atoms with E-state index in [0.717, 1.165) is 17.7 Å². The highest BCUT2D eigenvalue weighted by atomic mass is 35.5. The molecule has 1 saturated carbocycles. The number of carbonyl (C=O) groups is 2. The number of halogens is 1. The van der Waals surface area contributed by atoms with Crippen molar-refractivity contribution in [1.82, 2.24) is 10.2 Å². The van der Waals surface area contributed by atoms with Crippen molar-refractivity contribution in [3.8, 4) is 0 Å². The monoisotopic (exact) mass is 308 g/mol. The van der Waals surface area contributed by atoms with Crippen LogP contribution in [0.4, 0.5) is 4.79 Å². The first-order chi connectivity index (χ1) is 10.0. The summed E-state index contributed by atoms with van der Waals surface area (Å²) in [5.41, 5.74) is -0.0936. The maximum atomic E-state index is 12.5. The molecule has 1 unspecified atom stereocenters. The van der Waals surface area contributed by atoms with E-state index in [1.807, 2.05) is 0 Å². The molecule has 2 fully saturated rings. The molecule has 1 aliphatic heterocycles. The highest BCUT2D eigenvalue weighted by Crippen LogP contribution is 2.35. The Morgan fingerprint density at radius 2 is 1.86 bits per heavy atom. The van der Waals surface area contributed by atoms with Crippen LogP contribution in [0.15, 0.2) is 24.3 Å². The fourth-order valence-electron chi connectivity index (χ4n) is 3.12. The van der Waals surface area contributed by atoms with E-state index >= 15 is 0 Å². The van der Waals surface area contributed by atoms with E-state index in [1.54, 1.807) is 24.3 Å². The van der Waals surface area contributed by atoms with Gasteiger partial charge in [-0.05, 0) is 30.5 Å². The molecule has 0 aromatic heterocycles. The lowest BCUT2D eigenvalue weighted by Gasteiger charge is -2.21. The van der Waals surface area contributed by atoms with E-state index in [0.29, 0.717) is 23.4 Å². The number of rotatable bonds is 3. The van der Waals surface area contributed by atoms with Crippen LogP contribution in [0, 0.1) is 0 Å². The van der Waals surface area contributed by atoms with E-state index < -0.39 is 17.7 Å². The Labute approximate surface area is 127 Å². The number of carbonyl (C=O) groups excluding carboxylic acids is 2. The largest absolute Gasteiger partial charge is 0.387 e. The van der Waals surface area contributed by atoms with Gasteiger partial charge in [0.25, 0.3) is 5.91 Å². The van der Waals surface area contributed by atoms with Gasteiger partial charge in [-0.3, -0.25) is 9.69 Å². The summed E-state index contributed by atoms with van der Waals surface area (Å²) in [6.45, 7) is -0.0337. The Bertz CT molecular complexity index is 567. The molecule has 6 heteroatoms. The summed E-state index contributed by atoms with van der Waals surface area (Å²) in [6.07, 6.45) is 2.35. The third kappa shape index (κ3) is 2.51. The van der Waals surface area contributed by atoms with Gasteiger partial charge in [0.05, 0.1) is 12.6 Å². The minimum absolute atomic E-state index is 0.0337. The van der Waals surface area contributed by atoms with Gasteiger partial charge in [-0.1, -0.05) is 36.6 Å². The number of urea groups is 1. The number of aliphatic hydroxyl groups is 1. The molecular weight excluding hydrogens is 292 g/mol. The van der Waals surface area contributed by atoms with Crippen molar-refractivity contribution in [2.24, 2.45) is 0 Å². The van der Waals surface area contributed by atoms with Gasteiger partial charge >= 0.3 is 6.03 Å². The molecule has 2 aliphatic rings. The molecule has 1 saturated heterocycles. The standard InChI is InChI=1S/C15H17ClN2O3/c16-11-5-3-10(4-6-11)12(19)9-18-13(20)15(17-14(18)21)7-1-2-8-15/h3-6,12,19H,1-2,7-9H2,(H,17,21). The van der Waals surface area contributed by atoms with Crippen molar-refractivity contribution >= 4 is 23.5 Å². The number of nitrogens with zero attached hydrogens (tertiary/aromatic N) is 1. The summed E-state index contributed by atoms with van der Waals surface area (Å²) in [6, 6.07) is 6.32. The van der Waals surface area contributed by atoms with E-state index in [-0.39, 0.29) is 12.5 Å². The van der Waals surface area contributed by atoms with E-state index in [1.165, 1.54) is 0 Å². The number of imide groups is 1. The van der Waals surface area contributed by atoms with E-state index in [9.17, 15) is 14.7 Å². The van der Waals surface area contributed by atoms with Crippen LogP contribution in [-0.4, -0.2) is 34.0 Å². The number of aliphatic hydroxyl groups excluding tert-OH is 1. The molecular formula is C15H17ClN2O3. The van der Waals surface area contributed by atoms with Crippen LogP contribution < -0.4 is 5.32 Å². The van der Waals surface area contributed by atoms with Crippen molar-refractivity contribution in [1.29, 1.82) is 0 Å². The minimum Gasteiger partial charge on any atom is -0.387 e. The van der Waals surface area contributed by atoms with Gasteiger partial charge in [0.2, 0.25) is 0 Å². The summed E-state index contributed by atoms with van der Waals surface area (Å²) in [7, 11) is 0. The first-order valence-corrected chi connectivity index (χ1v) is 7.47. The normalized spacial score (nSPS) is 21.9. The molecule has 2 N–H and O–H groups in total. The Hall–Kier alpha value is -1.59. The second-order valence-electron chi connectivity index (χ2n) is 5.70. The summed E-state index contributed by atoms with van der Waals surface area (Å²) in [5, 5.41) is 13.6. The van der Waals surface area contributed by atoms with Crippen molar-refractivity contribution in [3.63, 3.8) is 0 Å². The molecule has 0 bridgehead atoms. The molecule has 0 radical (unpaired) electrons. The molecule has 1 atom stereocenters. The Kier molecular flexibility index (Phi) is 3.63. The van der Waals surface area contributed by atoms with Crippen LogP contribution in [0.25, 0.3) is 0 Å². The molecule has 1 aliphatic carbocycles. The van der Waals surface area contributed by atoms with Crippen molar-refractivity contribution in [3.05, 3.63) is 34.9 Å². The Balaban J connectivity index is 1.74. The van der Waals surface area contributed by atoms with Crippen LogP contribution in [-0.2, 0) is 4.79 Å². The van der Waals surface area contributed by atoms with Gasteiger partial charge in [-0.2, -0.15) is 0 Å². The number of hydrogen-bond donors (Lipinski definition) is 2. The molecule has 1 aromatic carbocycles. The van der Waals surface area contributed by atoms with Crippen molar-refractivity contribution < 1.29 is 14.7 Å². The topological polar surface area (TPSA) is 69.6 Å². The average Bonchev–Trinajstić information content (AvgIpc) is 3.01. The zero-order valence-electron chi connectivity index (χ0n) is 11.5. The second-order valence-corrected chi connectivity index (χ2v) is 6.14. The van der Waals surface area contributed by atoms with Crippen molar-refractivity contribution in [2.75, 3.05) is 6.54 Å². The number of β-amino-alcohol motifs (C(OH)–C–C–N with tert-alkyl or cyclic N) is 1. The molecule has 1 heterocycles. The minimum atomic E-state index is -0.909. The third-order valence-electron chi connectivity index (χ3n) is 4.31. The molecule has 5 nitrogen and oxygen atoms in total. The highest BCUT2D eigenvalue weighted by molar-refractivity contribution is 6.30.